The lowest BCUT2D eigenvalue weighted by molar-refractivity contribution is -0.0198. The van der Waals surface area contributed by atoms with E-state index in [2.05, 4.69) is 13.8 Å². The third-order valence-electron chi connectivity index (χ3n) is 11.0. The van der Waals surface area contributed by atoms with Gasteiger partial charge < -0.3 is 23.8 Å². The van der Waals surface area contributed by atoms with Gasteiger partial charge in [-0.05, 0) is 31.4 Å². The maximum Gasteiger partial charge on any atom is 0.336 e. The molecule has 0 heterocycles. The number of hydrogen-bond donors (Lipinski definition) is 2. The van der Waals surface area contributed by atoms with Crippen molar-refractivity contribution in [3.63, 3.8) is 0 Å². The van der Waals surface area contributed by atoms with Gasteiger partial charge >= 0.3 is 7.60 Å². The Morgan fingerprint density at radius 2 is 0.857 bits per heavy atom. The van der Waals surface area contributed by atoms with E-state index in [4.69, 9.17) is 14.0 Å². The van der Waals surface area contributed by atoms with Crippen molar-refractivity contribution in [3.8, 4) is 5.75 Å². The Morgan fingerprint density at radius 1 is 0.500 bits per heavy atom. The van der Waals surface area contributed by atoms with E-state index in [0.717, 1.165) is 25.7 Å². The molecule has 0 bridgehead atoms. The summed E-state index contributed by atoms with van der Waals surface area (Å²) in [5.74, 6) is -0.421. The first-order chi connectivity index (χ1) is 27.3. The Hall–Kier alpha value is -0.680. The first-order valence-corrected chi connectivity index (χ1v) is 27.6. The molecule has 9 heteroatoms. The number of hydrogen-bond acceptors (Lipinski definition) is 5. The molecule has 7 nitrogen and oxygen atoms in total. The Morgan fingerprint density at radius 3 is 1.23 bits per heavy atom. The standard InChI is InChI=1S/C47H90O7P2/c1-3-5-7-9-11-13-15-17-19-21-23-25-27-29-31-36-41-52-44-47(40-43-55(48,45-56(49,50)51)54-46-38-34-33-35-39-46)53-42-37-32-30-28-26-24-22-20-18-16-14-12-10-8-6-4-2/h33-35,38-39,47H,3-32,36-37,40-45H2,1-2H3,(H2,49,50,51)/t47-,55+/m1/s1. The van der Waals surface area contributed by atoms with Gasteiger partial charge in [0.05, 0.1) is 12.7 Å². The largest absolute Gasteiger partial charge is 0.442 e. The molecule has 0 saturated carbocycles. The van der Waals surface area contributed by atoms with Gasteiger partial charge in [0.25, 0.3) is 7.37 Å². The lowest BCUT2D eigenvalue weighted by Crippen LogP contribution is -2.23. The number of para-hydroxylation sites is 1. The van der Waals surface area contributed by atoms with Crippen molar-refractivity contribution in [3.05, 3.63) is 30.3 Å². The van der Waals surface area contributed by atoms with Crippen molar-refractivity contribution in [2.45, 2.75) is 232 Å². The van der Waals surface area contributed by atoms with Crippen molar-refractivity contribution in [1.82, 2.24) is 0 Å². The molecule has 0 amide bonds. The van der Waals surface area contributed by atoms with Crippen LogP contribution in [0, 0.1) is 0 Å². The Balaban J connectivity index is 2.31. The molecule has 0 fully saturated rings. The minimum absolute atomic E-state index is 0.0268. The van der Waals surface area contributed by atoms with Crippen molar-refractivity contribution < 1.29 is 32.9 Å². The maximum atomic E-state index is 13.8. The molecule has 0 unspecified atom stereocenters. The van der Waals surface area contributed by atoms with Gasteiger partial charge in [0.2, 0.25) is 0 Å². The van der Waals surface area contributed by atoms with E-state index < -0.39 is 20.9 Å². The Bertz CT molecular complexity index is 1050. The van der Waals surface area contributed by atoms with Crippen LogP contribution < -0.4 is 4.52 Å². The molecule has 0 saturated heterocycles. The van der Waals surface area contributed by atoms with Gasteiger partial charge in [-0.3, -0.25) is 9.13 Å². The van der Waals surface area contributed by atoms with Gasteiger partial charge in [-0.2, -0.15) is 0 Å². The molecule has 0 aromatic heterocycles. The van der Waals surface area contributed by atoms with Crippen LogP contribution >= 0.6 is 15.0 Å². The molecule has 1 aromatic rings. The van der Waals surface area contributed by atoms with E-state index in [9.17, 15) is 18.9 Å². The van der Waals surface area contributed by atoms with Crippen LogP contribution in [0.1, 0.15) is 226 Å². The van der Waals surface area contributed by atoms with E-state index in [1.54, 1.807) is 24.3 Å². The zero-order chi connectivity index (χ0) is 40.7. The van der Waals surface area contributed by atoms with Crippen LogP contribution in [0.5, 0.6) is 5.75 Å². The van der Waals surface area contributed by atoms with Gasteiger partial charge in [0.15, 0.2) is 0 Å². The number of benzene rings is 1. The summed E-state index contributed by atoms with van der Waals surface area (Å²) < 4.78 is 43.9. The van der Waals surface area contributed by atoms with E-state index >= 15 is 0 Å². The third kappa shape index (κ3) is 36.4. The monoisotopic (exact) mass is 829 g/mol. The second-order valence-corrected chi connectivity index (χ2v) is 21.4. The molecule has 0 spiro atoms. The molecule has 0 aliphatic heterocycles. The molecule has 2 N–H and O–H groups in total. The van der Waals surface area contributed by atoms with Crippen LogP contribution in [0.15, 0.2) is 30.3 Å². The average molecular weight is 829 g/mol. The van der Waals surface area contributed by atoms with Crippen molar-refractivity contribution in [1.29, 1.82) is 0 Å². The van der Waals surface area contributed by atoms with E-state index in [1.807, 2.05) is 6.07 Å². The first-order valence-electron chi connectivity index (χ1n) is 23.8. The average Bonchev–Trinajstić information content (AvgIpc) is 3.17. The SMILES string of the molecule is CCCCCCCCCCCCCCCCCCOC[C@@H](CC[P@@](=O)(CP(=O)(O)O)Oc1ccccc1)OCCCCCCCCCCCCCCCCCC. The zero-order valence-electron chi connectivity index (χ0n) is 36.7. The molecule has 330 valence electrons. The van der Waals surface area contributed by atoms with Crippen LogP contribution in [-0.2, 0) is 18.6 Å². The third-order valence-corrected chi connectivity index (χ3v) is 15.7. The Labute approximate surface area is 346 Å². The molecule has 2 atom stereocenters. The van der Waals surface area contributed by atoms with Gasteiger partial charge in [0, 0.05) is 19.4 Å². The fraction of sp³-hybridized carbons (Fsp3) is 0.872. The molecule has 1 aromatic carbocycles. The van der Waals surface area contributed by atoms with Gasteiger partial charge in [-0.15, -0.1) is 0 Å². The van der Waals surface area contributed by atoms with E-state index in [-0.39, 0.29) is 12.3 Å². The highest BCUT2D eigenvalue weighted by molar-refractivity contribution is 7.73. The van der Waals surface area contributed by atoms with Gasteiger partial charge in [0.1, 0.15) is 11.7 Å². The minimum Gasteiger partial charge on any atom is -0.442 e. The highest BCUT2D eigenvalue weighted by Gasteiger charge is 2.34. The van der Waals surface area contributed by atoms with Crippen LogP contribution in [0.4, 0.5) is 0 Å². The van der Waals surface area contributed by atoms with Crippen LogP contribution in [0.25, 0.3) is 0 Å². The summed E-state index contributed by atoms with van der Waals surface area (Å²) in [6, 6.07) is 8.67. The zero-order valence-corrected chi connectivity index (χ0v) is 38.5. The van der Waals surface area contributed by atoms with E-state index in [0.29, 0.717) is 32.0 Å². The Kier molecular flexibility index (Phi) is 36.7. The van der Waals surface area contributed by atoms with Gasteiger partial charge in [-0.25, -0.2) is 0 Å². The van der Waals surface area contributed by atoms with Crippen LogP contribution in [0.3, 0.4) is 0 Å². The fourth-order valence-corrected chi connectivity index (χ4v) is 11.8. The molecule has 56 heavy (non-hydrogen) atoms. The van der Waals surface area contributed by atoms with Crippen LogP contribution in [-0.4, -0.2) is 47.8 Å². The lowest BCUT2D eigenvalue weighted by Gasteiger charge is -2.23. The van der Waals surface area contributed by atoms with Crippen molar-refractivity contribution >= 4 is 15.0 Å². The molecule has 1 rings (SSSR count). The first kappa shape index (κ1) is 53.3. The summed E-state index contributed by atoms with van der Waals surface area (Å²) in [6.07, 6.45) is 42.5. The molecular formula is C47H90O7P2. The smallest absolute Gasteiger partial charge is 0.336 e. The predicted molar refractivity (Wildman–Crippen MR) is 241 cm³/mol. The van der Waals surface area contributed by atoms with Gasteiger partial charge in [-0.1, -0.05) is 225 Å². The summed E-state index contributed by atoms with van der Waals surface area (Å²) in [4.78, 5) is 19.5. The summed E-state index contributed by atoms with van der Waals surface area (Å²) in [6.45, 7) is 6.21. The molecule has 0 radical (unpaired) electrons. The predicted octanol–water partition coefficient (Wildman–Crippen LogP) is 15.8. The molecular weight excluding hydrogens is 738 g/mol. The molecule has 0 aliphatic rings. The number of unbranched alkanes of at least 4 members (excludes halogenated alkanes) is 30. The lowest BCUT2D eigenvalue weighted by atomic mass is 10.0. The second-order valence-electron chi connectivity index (χ2n) is 16.7. The second kappa shape index (κ2) is 38.5. The number of ether oxygens (including phenoxy) is 2. The minimum atomic E-state index is -4.56. The highest BCUT2D eigenvalue weighted by Crippen LogP contribution is 2.58. The van der Waals surface area contributed by atoms with Crippen molar-refractivity contribution in [2.24, 2.45) is 0 Å². The highest BCUT2D eigenvalue weighted by atomic mass is 31.2. The molecule has 0 aliphatic carbocycles. The quantitative estimate of drug-likeness (QED) is 0.0499. The summed E-state index contributed by atoms with van der Waals surface area (Å²) in [7, 11) is -8.23. The number of rotatable bonds is 44. The maximum absolute atomic E-state index is 13.8. The topological polar surface area (TPSA) is 102 Å². The van der Waals surface area contributed by atoms with E-state index in [1.165, 1.54) is 180 Å². The summed E-state index contributed by atoms with van der Waals surface area (Å²) in [5.41, 5.74) is 0. The normalized spacial score (nSPS) is 13.6. The van der Waals surface area contributed by atoms with Crippen molar-refractivity contribution in [2.75, 3.05) is 31.9 Å². The summed E-state index contributed by atoms with van der Waals surface area (Å²) in [5, 5.41) is 0. The fourth-order valence-electron chi connectivity index (χ4n) is 7.52. The summed E-state index contributed by atoms with van der Waals surface area (Å²) >= 11 is 0. The van der Waals surface area contributed by atoms with Crippen LogP contribution in [0.2, 0.25) is 0 Å².